The summed E-state index contributed by atoms with van der Waals surface area (Å²) in [6, 6.07) is 0. The van der Waals surface area contributed by atoms with E-state index in [1.807, 2.05) is 12.2 Å². The summed E-state index contributed by atoms with van der Waals surface area (Å²) in [5, 5.41) is 6.56. The van der Waals surface area contributed by atoms with E-state index in [1.54, 1.807) is 6.08 Å². The number of rotatable bonds is 2. The maximum Gasteiger partial charge on any atom is 0.0354 e. The molecule has 0 aromatic rings. The molecule has 2 nitrogen and oxygen atoms in total. The van der Waals surface area contributed by atoms with Gasteiger partial charge in [0.05, 0.1) is 0 Å². The molecule has 0 amide bonds. The monoisotopic (exact) mass is 150 g/mol. The second kappa shape index (κ2) is 4.74. The van der Waals surface area contributed by atoms with Crippen molar-refractivity contribution < 1.29 is 0 Å². The highest BCUT2D eigenvalue weighted by Crippen LogP contribution is 1.91. The molecule has 0 saturated carbocycles. The van der Waals surface area contributed by atoms with Crippen molar-refractivity contribution in [2.45, 2.75) is 0 Å². The molecule has 0 aliphatic carbocycles. The zero-order chi connectivity index (χ0) is 7.94. The van der Waals surface area contributed by atoms with Crippen LogP contribution in [0.25, 0.3) is 0 Å². The Morgan fingerprint density at radius 1 is 1.27 bits per heavy atom. The molecular weight excluding hydrogens is 136 g/mol. The van der Waals surface area contributed by atoms with Crippen molar-refractivity contribution >= 4 is 0 Å². The Hall–Kier alpha value is -1.02. The van der Waals surface area contributed by atoms with Gasteiger partial charge in [-0.1, -0.05) is 24.8 Å². The molecule has 0 unspecified atom stereocenters. The van der Waals surface area contributed by atoms with Gasteiger partial charge in [-0.15, -0.1) is 0 Å². The molecule has 1 fully saturated rings. The van der Waals surface area contributed by atoms with E-state index in [0.717, 1.165) is 19.6 Å². The van der Waals surface area contributed by atoms with Gasteiger partial charge in [0.25, 0.3) is 0 Å². The highest BCUT2D eigenvalue weighted by atomic mass is 15.0. The fraction of sp³-hybridized carbons (Fsp3) is 0.333. The Labute approximate surface area is 67.7 Å². The maximum absolute atomic E-state index is 3.59. The molecule has 1 rings (SSSR count). The third-order valence-corrected chi connectivity index (χ3v) is 1.51. The molecule has 1 aliphatic heterocycles. The minimum absolute atomic E-state index is 0.946. The lowest BCUT2D eigenvalue weighted by Gasteiger charge is -2.17. The summed E-state index contributed by atoms with van der Waals surface area (Å²) >= 11 is 0. The smallest absolute Gasteiger partial charge is 0.0354 e. The fourth-order valence-corrected chi connectivity index (χ4v) is 0.965. The second-order valence-electron chi connectivity index (χ2n) is 2.42. The quantitative estimate of drug-likeness (QED) is 0.569. The van der Waals surface area contributed by atoms with Crippen LogP contribution in [0, 0.1) is 0 Å². The molecule has 1 saturated heterocycles. The van der Waals surface area contributed by atoms with E-state index < -0.39 is 0 Å². The third kappa shape index (κ3) is 3.05. The molecule has 60 valence electrons. The molecule has 0 bridgehead atoms. The molecule has 11 heavy (non-hydrogen) atoms. The van der Waals surface area contributed by atoms with Crippen LogP contribution in [0.1, 0.15) is 0 Å². The first-order valence-corrected chi connectivity index (χ1v) is 3.86. The molecular formula is C9H14N2. The standard InChI is InChI=1S/C9H14N2/c1-2-3-4-5-9-8-10-6-7-11-9/h2-5,10-11H,1,6-8H2/b4-3-,9-5+. The van der Waals surface area contributed by atoms with Crippen LogP contribution < -0.4 is 10.6 Å². The number of hydrogen-bond donors (Lipinski definition) is 2. The van der Waals surface area contributed by atoms with Gasteiger partial charge in [0, 0.05) is 25.3 Å². The van der Waals surface area contributed by atoms with Crippen LogP contribution in [0.15, 0.2) is 36.6 Å². The molecule has 0 aromatic carbocycles. The lowest BCUT2D eigenvalue weighted by molar-refractivity contribution is 0.598. The summed E-state index contributed by atoms with van der Waals surface area (Å²) < 4.78 is 0. The average molecular weight is 150 g/mol. The highest BCUT2D eigenvalue weighted by Gasteiger charge is 1.99. The number of allylic oxidation sites excluding steroid dienone is 4. The summed E-state index contributed by atoms with van der Waals surface area (Å²) in [5.74, 6) is 0. The molecule has 0 atom stereocenters. The lowest BCUT2D eigenvalue weighted by Crippen LogP contribution is -2.37. The van der Waals surface area contributed by atoms with Crippen LogP contribution in [0.4, 0.5) is 0 Å². The van der Waals surface area contributed by atoms with Crippen LogP contribution in [0.3, 0.4) is 0 Å². The predicted molar refractivity (Wildman–Crippen MR) is 48.3 cm³/mol. The van der Waals surface area contributed by atoms with Crippen molar-refractivity contribution in [1.29, 1.82) is 0 Å². The topological polar surface area (TPSA) is 24.1 Å². The molecule has 2 N–H and O–H groups in total. The van der Waals surface area contributed by atoms with E-state index in [-0.39, 0.29) is 0 Å². The molecule has 1 aliphatic rings. The van der Waals surface area contributed by atoms with Gasteiger partial charge in [-0.05, 0) is 6.08 Å². The Bertz CT molecular complexity index is 172. The van der Waals surface area contributed by atoms with Gasteiger partial charge in [-0.2, -0.15) is 0 Å². The van der Waals surface area contributed by atoms with Gasteiger partial charge >= 0.3 is 0 Å². The zero-order valence-corrected chi connectivity index (χ0v) is 6.64. The van der Waals surface area contributed by atoms with E-state index >= 15 is 0 Å². The summed E-state index contributed by atoms with van der Waals surface area (Å²) in [6.45, 7) is 6.62. The van der Waals surface area contributed by atoms with E-state index in [9.17, 15) is 0 Å². The van der Waals surface area contributed by atoms with Crippen LogP contribution in [0.5, 0.6) is 0 Å². The van der Waals surface area contributed by atoms with Gasteiger partial charge in [0.15, 0.2) is 0 Å². The number of nitrogens with one attached hydrogen (secondary N) is 2. The first-order valence-electron chi connectivity index (χ1n) is 3.86. The summed E-state index contributed by atoms with van der Waals surface area (Å²) in [6.07, 6.45) is 7.74. The normalized spacial score (nSPS) is 22.0. The van der Waals surface area contributed by atoms with Crippen LogP contribution in [-0.2, 0) is 0 Å². The third-order valence-electron chi connectivity index (χ3n) is 1.51. The minimum atomic E-state index is 0.946. The summed E-state index contributed by atoms with van der Waals surface area (Å²) in [5.41, 5.74) is 1.24. The molecule has 0 spiro atoms. The average Bonchev–Trinajstić information content (AvgIpc) is 2.07. The highest BCUT2D eigenvalue weighted by molar-refractivity contribution is 5.16. The van der Waals surface area contributed by atoms with Crippen LogP contribution in [-0.4, -0.2) is 19.6 Å². The van der Waals surface area contributed by atoms with Gasteiger partial charge in [0.2, 0.25) is 0 Å². The predicted octanol–water partition coefficient (Wildman–Crippen LogP) is 0.805. The fourth-order valence-electron chi connectivity index (χ4n) is 0.965. The second-order valence-corrected chi connectivity index (χ2v) is 2.42. The summed E-state index contributed by atoms with van der Waals surface area (Å²) in [4.78, 5) is 0. The van der Waals surface area contributed by atoms with Crippen molar-refractivity contribution in [3.63, 3.8) is 0 Å². The molecule has 1 heterocycles. The Balaban J connectivity index is 2.37. The van der Waals surface area contributed by atoms with Gasteiger partial charge in [0.1, 0.15) is 0 Å². The van der Waals surface area contributed by atoms with Crippen molar-refractivity contribution in [3.8, 4) is 0 Å². The number of hydrogen-bond acceptors (Lipinski definition) is 2. The van der Waals surface area contributed by atoms with Crippen molar-refractivity contribution in [1.82, 2.24) is 10.6 Å². The maximum atomic E-state index is 3.59. The molecule has 0 aromatic heterocycles. The van der Waals surface area contributed by atoms with Crippen molar-refractivity contribution in [3.05, 3.63) is 36.6 Å². The van der Waals surface area contributed by atoms with E-state index in [1.165, 1.54) is 5.70 Å². The van der Waals surface area contributed by atoms with E-state index in [0.29, 0.717) is 0 Å². The van der Waals surface area contributed by atoms with Crippen LogP contribution in [0.2, 0.25) is 0 Å². The summed E-state index contributed by atoms with van der Waals surface area (Å²) in [7, 11) is 0. The first-order chi connectivity index (χ1) is 5.43. The van der Waals surface area contributed by atoms with Crippen LogP contribution >= 0.6 is 0 Å². The van der Waals surface area contributed by atoms with Crippen molar-refractivity contribution in [2.75, 3.05) is 19.6 Å². The lowest BCUT2D eigenvalue weighted by atomic mass is 10.3. The Morgan fingerprint density at radius 3 is 2.82 bits per heavy atom. The minimum Gasteiger partial charge on any atom is -0.386 e. The largest absolute Gasteiger partial charge is 0.386 e. The molecule has 2 heteroatoms. The number of piperazine rings is 1. The van der Waals surface area contributed by atoms with Gasteiger partial charge in [-0.25, -0.2) is 0 Å². The van der Waals surface area contributed by atoms with E-state index in [4.69, 9.17) is 0 Å². The first kappa shape index (κ1) is 8.08. The van der Waals surface area contributed by atoms with Gasteiger partial charge in [-0.3, -0.25) is 0 Å². The Morgan fingerprint density at radius 2 is 2.18 bits per heavy atom. The Kier molecular flexibility index (Phi) is 3.48. The molecule has 0 radical (unpaired) electrons. The zero-order valence-electron chi connectivity index (χ0n) is 6.64. The van der Waals surface area contributed by atoms with Crippen molar-refractivity contribution in [2.24, 2.45) is 0 Å². The van der Waals surface area contributed by atoms with E-state index in [2.05, 4.69) is 23.3 Å². The SMILES string of the molecule is C=C/C=C\C=C1/CNCCN1. The van der Waals surface area contributed by atoms with Gasteiger partial charge < -0.3 is 10.6 Å².